The number of aromatic hydroxyl groups is 1. The summed E-state index contributed by atoms with van der Waals surface area (Å²) in [5.41, 5.74) is 3.81. The Kier molecular flexibility index (Phi) is 8.85. The van der Waals surface area contributed by atoms with E-state index in [0.29, 0.717) is 6.42 Å². The number of carbonyl (C=O) groups excluding carboxylic acids is 1. The average molecular weight is 481 g/mol. The molecule has 188 valence electrons. The molecular formula is C29H36O6. The van der Waals surface area contributed by atoms with Crippen molar-refractivity contribution in [2.45, 2.75) is 45.4 Å². The van der Waals surface area contributed by atoms with Crippen molar-refractivity contribution in [3.63, 3.8) is 0 Å². The minimum Gasteiger partial charge on any atom is -0.504 e. The van der Waals surface area contributed by atoms with E-state index in [9.17, 15) is 9.90 Å². The number of methoxy groups -OCH3 is 4. The molecule has 1 N–H and O–H groups in total. The van der Waals surface area contributed by atoms with Crippen molar-refractivity contribution in [3.05, 3.63) is 64.8 Å². The number of phenols is 1. The van der Waals surface area contributed by atoms with E-state index in [1.54, 1.807) is 0 Å². The molecule has 0 aliphatic heterocycles. The summed E-state index contributed by atoms with van der Waals surface area (Å²) in [5, 5.41) is 11.1. The smallest absolute Gasteiger partial charge is 0.211 e. The second kappa shape index (κ2) is 11.8. The molecule has 0 amide bonds. The highest BCUT2D eigenvalue weighted by atomic mass is 16.5. The Balaban J connectivity index is 2.09. The minimum atomic E-state index is -0.382. The van der Waals surface area contributed by atoms with Gasteiger partial charge in [-0.15, -0.1) is 0 Å². The van der Waals surface area contributed by atoms with E-state index in [1.807, 2.05) is 18.2 Å². The molecular weight excluding hydrogens is 444 g/mol. The Bertz CT molecular complexity index is 1100. The number of hydrogen-bond acceptors (Lipinski definition) is 6. The maximum Gasteiger partial charge on any atom is 0.211 e. The molecule has 0 spiro atoms. The second-order valence-electron chi connectivity index (χ2n) is 8.97. The number of rotatable bonds is 10. The number of ether oxygens (including phenoxy) is 4. The van der Waals surface area contributed by atoms with Crippen LogP contribution >= 0.6 is 0 Å². The molecule has 2 aromatic carbocycles. The van der Waals surface area contributed by atoms with Crippen LogP contribution in [0, 0.1) is 5.92 Å². The van der Waals surface area contributed by atoms with Crippen LogP contribution in [0.25, 0.3) is 0 Å². The number of benzene rings is 2. The third-order valence-corrected chi connectivity index (χ3v) is 6.57. The van der Waals surface area contributed by atoms with E-state index in [2.05, 4.69) is 38.1 Å². The van der Waals surface area contributed by atoms with Crippen LogP contribution in [0.1, 0.15) is 61.4 Å². The summed E-state index contributed by atoms with van der Waals surface area (Å²) < 4.78 is 21.9. The van der Waals surface area contributed by atoms with Gasteiger partial charge in [-0.1, -0.05) is 53.6 Å². The first-order chi connectivity index (χ1) is 16.9. The summed E-state index contributed by atoms with van der Waals surface area (Å²) >= 11 is 0. The average Bonchev–Trinajstić information content (AvgIpc) is 2.87. The van der Waals surface area contributed by atoms with Crippen LogP contribution in [0.15, 0.2) is 53.6 Å². The molecule has 1 aliphatic carbocycles. The SMILES string of the molecule is COc1c(O)c(C(=O)C2CC=C(CCC=C(C)C)CC2c2ccccc2)c(OC)c(OC)c1OC. The van der Waals surface area contributed by atoms with E-state index in [4.69, 9.17) is 18.9 Å². The van der Waals surface area contributed by atoms with Crippen LogP contribution in [-0.4, -0.2) is 39.3 Å². The van der Waals surface area contributed by atoms with E-state index >= 15 is 0 Å². The summed E-state index contributed by atoms with van der Waals surface area (Å²) in [7, 11) is 5.75. The zero-order valence-electron chi connectivity index (χ0n) is 21.5. The number of carbonyl (C=O) groups is 1. The van der Waals surface area contributed by atoms with Crippen LogP contribution in [0.5, 0.6) is 28.7 Å². The van der Waals surface area contributed by atoms with Gasteiger partial charge in [-0.3, -0.25) is 4.79 Å². The monoisotopic (exact) mass is 480 g/mol. The van der Waals surface area contributed by atoms with Gasteiger partial charge >= 0.3 is 0 Å². The molecule has 6 nitrogen and oxygen atoms in total. The Morgan fingerprint density at radius 1 is 0.943 bits per heavy atom. The molecule has 6 heteroatoms. The van der Waals surface area contributed by atoms with Crippen molar-refractivity contribution in [2.75, 3.05) is 28.4 Å². The van der Waals surface area contributed by atoms with Crippen molar-refractivity contribution in [1.29, 1.82) is 0 Å². The van der Waals surface area contributed by atoms with Crippen LogP contribution in [0.4, 0.5) is 0 Å². The van der Waals surface area contributed by atoms with Gasteiger partial charge in [0.15, 0.2) is 17.3 Å². The zero-order valence-corrected chi connectivity index (χ0v) is 21.5. The first-order valence-electron chi connectivity index (χ1n) is 11.9. The van der Waals surface area contributed by atoms with Gasteiger partial charge in [-0.2, -0.15) is 0 Å². The molecule has 0 saturated carbocycles. The molecule has 35 heavy (non-hydrogen) atoms. The molecule has 0 radical (unpaired) electrons. The largest absolute Gasteiger partial charge is 0.504 e. The lowest BCUT2D eigenvalue weighted by Gasteiger charge is -2.32. The maximum atomic E-state index is 14.1. The molecule has 0 saturated heterocycles. The number of Topliss-reactive ketones (excluding diaryl/α,β-unsaturated/α-hetero) is 1. The number of phenolic OH excluding ortho intramolecular Hbond substituents is 1. The van der Waals surface area contributed by atoms with Crippen molar-refractivity contribution in [1.82, 2.24) is 0 Å². The molecule has 2 unspecified atom stereocenters. The van der Waals surface area contributed by atoms with E-state index in [-0.39, 0.29) is 51.9 Å². The fourth-order valence-electron chi connectivity index (χ4n) is 4.87. The Morgan fingerprint density at radius 3 is 2.11 bits per heavy atom. The predicted octanol–water partition coefficient (Wildman–Crippen LogP) is 6.48. The van der Waals surface area contributed by atoms with E-state index in [1.165, 1.54) is 39.6 Å². The van der Waals surface area contributed by atoms with E-state index in [0.717, 1.165) is 24.8 Å². The van der Waals surface area contributed by atoms with Crippen molar-refractivity contribution in [3.8, 4) is 28.7 Å². The highest BCUT2D eigenvalue weighted by Gasteiger charge is 2.38. The van der Waals surface area contributed by atoms with Crippen LogP contribution in [0.3, 0.4) is 0 Å². The Labute approximate surface area is 208 Å². The Hall–Kier alpha value is -3.41. The molecule has 1 aliphatic rings. The van der Waals surface area contributed by atoms with Crippen LogP contribution < -0.4 is 18.9 Å². The van der Waals surface area contributed by atoms with Crippen molar-refractivity contribution in [2.24, 2.45) is 5.92 Å². The summed E-state index contributed by atoms with van der Waals surface area (Å²) in [4.78, 5) is 14.1. The van der Waals surface area contributed by atoms with E-state index < -0.39 is 0 Å². The zero-order chi connectivity index (χ0) is 25.5. The first-order valence-corrected chi connectivity index (χ1v) is 11.9. The molecule has 2 aromatic rings. The van der Waals surface area contributed by atoms with Gasteiger partial charge in [0, 0.05) is 5.92 Å². The van der Waals surface area contributed by atoms with Gasteiger partial charge in [0.05, 0.1) is 28.4 Å². The summed E-state index contributed by atoms with van der Waals surface area (Å²) in [5.74, 6) is -0.380. The maximum absolute atomic E-state index is 14.1. The number of ketones is 1. The highest BCUT2D eigenvalue weighted by molar-refractivity contribution is 6.05. The molecule has 0 aromatic heterocycles. The van der Waals surface area contributed by atoms with Crippen LogP contribution in [0.2, 0.25) is 0 Å². The van der Waals surface area contributed by atoms with Gasteiger partial charge in [0.25, 0.3) is 0 Å². The fourth-order valence-corrected chi connectivity index (χ4v) is 4.87. The normalized spacial score (nSPS) is 17.3. The van der Waals surface area contributed by atoms with Crippen LogP contribution in [-0.2, 0) is 0 Å². The Morgan fingerprint density at radius 2 is 1.54 bits per heavy atom. The summed E-state index contributed by atoms with van der Waals surface area (Å²) in [6, 6.07) is 10.1. The molecule has 0 heterocycles. The lowest BCUT2D eigenvalue weighted by atomic mass is 9.71. The lowest BCUT2D eigenvalue weighted by Crippen LogP contribution is -2.26. The van der Waals surface area contributed by atoms with Gasteiger partial charge in [0.1, 0.15) is 5.56 Å². The van der Waals surface area contributed by atoms with Gasteiger partial charge in [0.2, 0.25) is 17.2 Å². The molecule has 2 atom stereocenters. The topological polar surface area (TPSA) is 74.2 Å². The third-order valence-electron chi connectivity index (χ3n) is 6.57. The molecule has 3 rings (SSSR count). The van der Waals surface area contributed by atoms with Gasteiger partial charge in [-0.05, 0) is 51.0 Å². The standard InChI is InChI=1S/C29H36O6/c1-18(2)11-10-12-19-15-16-21(22(17-19)20-13-8-7-9-14-20)24(30)23-25(31)27(33-4)29(35-6)28(34-5)26(23)32-3/h7-9,11,13-15,21-22,31H,10,12,16-17H2,1-6H3. The molecule has 0 fully saturated rings. The fraction of sp³-hybridized carbons (Fsp3) is 0.414. The van der Waals surface area contributed by atoms with Crippen molar-refractivity contribution >= 4 is 5.78 Å². The van der Waals surface area contributed by atoms with Crippen molar-refractivity contribution < 1.29 is 28.8 Å². The van der Waals surface area contributed by atoms with Gasteiger partial charge in [-0.25, -0.2) is 0 Å². The summed E-state index contributed by atoms with van der Waals surface area (Å²) in [6.45, 7) is 4.21. The minimum absolute atomic E-state index is 0.0291. The first kappa shape index (κ1) is 26.2. The highest BCUT2D eigenvalue weighted by Crippen LogP contribution is 2.54. The predicted molar refractivity (Wildman–Crippen MR) is 137 cm³/mol. The summed E-state index contributed by atoms with van der Waals surface area (Å²) in [6.07, 6.45) is 7.73. The number of allylic oxidation sites excluding steroid dienone is 4. The second-order valence-corrected chi connectivity index (χ2v) is 8.97. The molecule has 0 bridgehead atoms. The quantitative estimate of drug-likeness (QED) is 0.310. The number of hydrogen-bond donors (Lipinski definition) is 1. The van der Waals surface area contributed by atoms with Gasteiger partial charge < -0.3 is 24.1 Å². The third kappa shape index (κ3) is 5.47. The lowest BCUT2D eigenvalue weighted by molar-refractivity contribution is 0.0887.